The van der Waals surface area contributed by atoms with Gasteiger partial charge in [0.1, 0.15) is 10.9 Å². The summed E-state index contributed by atoms with van der Waals surface area (Å²) >= 11 is 3.22. The van der Waals surface area contributed by atoms with E-state index >= 15 is 0 Å². The van der Waals surface area contributed by atoms with Gasteiger partial charge in [-0.15, -0.1) is 0 Å². The van der Waals surface area contributed by atoms with Crippen molar-refractivity contribution in [3.63, 3.8) is 0 Å². The molecule has 0 aliphatic heterocycles. The van der Waals surface area contributed by atoms with Gasteiger partial charge in [0.2, 0.25) is 5.88 Å². The number of hydrogen-bond donors (Lipinski definition) is 0. The Hall–Kier alpha value is -0.640. The van der Waals surface area contributed by atoms with Gasteiger partial charge in [0.15, 0.2) is 0 Å². The maximum atomic E-state index is 5.25. The highest BCUT2D eigenvalue weighted by molar-refractivity contribution is 9.10. The van der Waals surface area contributed by atoms with E-state index in [1.807, 2.05) is 0 Å². The van der Waals surface area contributed by atoms with E-state index in [0.29, 0.717) is 12.5 Å². The minimum atomic E-state index is 0.619. The van der Waals surface area contributed by atoms with Crippen molar-refractivity contribution < 1.29 is 4.74 Å². The van der Waals surface area contributed by atoms with Crippen molar-refractivity contribution in [3.05, 3.63) is 17.0 Å². The molecule has 0 aromatic carbocycles. The minimum Gasteiger partial charge on any atom is -0.478 e. The lowest BCUT2D eigenvalue weighted by Crippen LogP contribution is -1.97. The number of hydrogen-bond acceptors (Lipinski definition) is 3. The van der Waals surface area contributed by atoms with E-state index in [-0.39, 0.29) is 0 Å². The largest absolute Gasteiger partial charge is 0.478 e. The Labute approximate surface area is 73.9 Å². The normalized spacial score (nSPS) is 9.64. The van der Waals surface area contributed by atoms with Crippen molar-refractivity contribution >= 4 is 15.9 Å². The van der Waals surface area contributed by atoms with Gasteiger partial charge in [-0.2, -0.15) is 0 Å². The van der Waals surface area contributed by atoms with Gasteiger partial charge in [-0.05, 0) is 22.4 Å². The Morgan fingerprint density at radius 2 is 2.36 bits per heavy atom. The zero-order chi connectivity index (χ0) is 8.10. The molecule has 1 rings (SSSR count). The zero-order valence-electron chi connectivity index (χ0n) is 6.25. The molecular weight excluding hydrogens is 208 g/mol. The van der Waals surface area contributed by atoms with E-state index in [0.717, 1.165) is 11.0 Å². The monoisotopic (exact) mass is 216 g/mol. The van der Waals surface area contributed by atoms with Gasteiger partial charge in [0, 0.05) is 6.07 Å². The summed E-state index contributed by atoms with van der Waals surface area (Å²) in [6.07, 6.45) is 2.46. The first kappa shape index (κ1) is 8.46. The van der Waals surface area contributed by atoms with Crippen molar-refractivity contribution in [2.45, 2.75) is 13.3 Å². The second-order valence-electron chi connectivity index (χ2n) is 2.03. The molecule has 4 heteroatoms. The lowest BCUT2D eigenvalue weighted by Gasteiger charge is -2.01. The second kappa shape index (κ2) is 4.28. The molecule has 0 unspecified atom stereocenters. The fourth-order valence-electron chi connectivity index (χ4n) is 0.603. The molecule has 0 N–H and O–H groups in total. The number of halogens is 1. The molecule has 0 bridgehead atoms. The van der Waals surface area contributed by atoms with Crippen LogP contribution in [0.5, 0.6) is 5.88 Å². The Bertz CT molecular complexity index is 229. The SMILES string of the molecule is CCCOc1cc(Br)ncn1. The molecule has 0 saturated carbocycles. The van der Waals surface area contributed by atoms with Gasteiger partial charge >= 0.3 is 0 Å². The molecule has 1 heterocycles. The van der Waals surface area contributed by atoms with Gasteiger partial charge in [-0.25, -0.2) is 9.97 Å². The summed E-state index contributed by atoms with van der Waals surface area (Å²) in [6, 6.07) is 1.75. The first-order valence-electron chi connectivity index (χ1n) is 3.43. The van der Waals surface area contributed by atoms with E-state index < -0.39 is 0 Å². The molecule has 0 saturated heterocycles. The predicted octanol–water partition coefficient (Wildman–Crippen LogP) is 2.03. The van der Waals surface area contributed by atoms with Crippen LogP contribution in [-0.4, -0.2) is 16.6 Å². The number of rotatable bonds is 3. The molecule has 0 atom stereocenters. The van der Waals surface area contributed by atoms with Crippen LogP contribution >= 0.6 is 15.9 Å². The fourth-order valence-corrected chi connectivity index (χ4v) is 0.890. The third-order valence-electron chi connectivity index (χ3n) is 1.06. The highest BCUT2D eigenvalue weighted by atomic mass is 79.9. The Morgan fingerprint density at radius 3 is 3.00 bits per heavy atom. The molecular formula is C7H9BrN2O. The van der Waals surface area contributed by atoms with Crippen LogP contribution in [0.15, 0.2) is 17.0 Å². The molecule has 0 amide bonds. The van der Waals surface area contributed by atoms with Crippen molar-refractivity contribution in [3.8, 4) is 5.88 Å². The van der Waals surface area contributed by atoms with Gasteiger partial charge in [-0.3, -0.25) is 0 Å². The van der Waals surface area contributed by atoms with E-state index in [2.05, 4.69) is 32.8 Å². The molecule has 0 aliphatic rings. The lowest BCUT2D eigenvalue weighted by atomic mass is 10.5. The van der Waals surface area contributed by atoms with Crippen molar-refractivity contribution in [1.29, 1.82) is 0 Å². The van der Waals surface area contributed by atoms with Crippen molar-refractivity contribution in [2.75, 3.05) is 6.61 Å². The van der Waals surface area contributed by atoms with E-state index in [1.165, 1.54) is 6.33 Å². The van der Waals surface area contributed by atoms with E-state index in [1.54, 1.807) is 6.07 Å². The van der Waals surface area contributed by atoms with Crippen molar-refractivity contribution in [2.24, 2.45) is 0 Å². The van der Waals surface area contributed by atoms with Gasteiger partial charge in [0.25, 0.3) is 0 Å². The van der Waals surface area contributed by atoms with Crippen LogP contribution in [0.1, 0.15) is 13.3 Å². The van der Waals surface area contributed by atoms with Crippen LogP contribution < -0.4 is 4.74 Å². The van der Waals surface area contributed by atoms with Gasteiger partial charge in [-0.1, -0.05) is 6.92 Å². The maximum Gasteiger partial charge on any atom is 0.217 e. The number of aromatic nitrogens is 2. The summed E-state index contributed by atoms with van der Waals surface area (Å²) in [5.41, 5.74) is 0. The molecule has 1 aromatic rings. The first-order valence-corrected chi connectivity index (χ1v) is 4.22. The third kappa shape index (κ3) is 2.84. The molecule has 0 spiro atoms. The predicted molar refractivity (Wildman–Crippen MR) is 45.5 cm³/mol. The van der Waals surface area contributed by atoms with E-state index in [4.69, 9.17) is 4.74 Å². The molecule has 3 nitrogen and oxygen atoms in total. The fraction of sp³-hybridized carbons (Fsp3) is 0.429. The second-order valence-corrected chi connectivity index (χ2v) is 2.84. The minimum absolute atomic E-state index is 0.619. The Balaban J connectivity index is 2.56. The first-order chi connectivity index (χ1) is 5.33. The molecule has 60 valence electrons. The smallest absolute Gasteiger partial charge is 0.217 e. The summed E-state index contributed by atoms with van der Waals surface area (Å²) in [4.78, 5) is 7.79. The topological polar surface area (TPSA) is 35.0 Å². The lowest BCUT2D eigenvalue weighted by molar-refractivity contribution is 0.304. The zero-order valence-corrected chi connectivity index (χ0v) is 7.84. The van der Waals surface area contributed by atoms with Crippen LogP contribution in [-0.2, 0) is 0 Å². The quantitative estimate of drug-likeness (QED) is 0.726. The summed E-state index contributed by atoms with van der Waals surface area (Å²) < 4.78 is 6.00. The number of nitrogens with zero attached hydrogens (tertiary/aromatic N) is 2. The maximum absolute atomic E-state index is 5.25. The van der Waals surface area contributed by atoms with Crippen LogP contribution in [0.2, 0.25) is 0 Å². The standard InChI is InChI=1S/C7H9BrN2O/c1-2-3-11-7-4-6(8)9-5-10-7/h4-5H,2-3H2,1H3. The highest BCUT2D eigenvalue weighted by Crippen LogP contribution is 2.11. The summed E-state index contributed by atoms with van der Waals surface area (Å²) in [5.74, 6) is 0.619. The van der Waals surface area contributed by atoms with Crippen LogP contribution in [0.25, 0.3) is 0 Å². The third-order valence-corrected chi connectivity index (χ3v) is 1.50. The summed E-state index contributed by atoms with van der Waals surface area (Å²) in [6.45, 7) is 2.75. The van der Waals surface area contributed by atoms with Gasteiger partial charge in [0.05, 0.1) is 6.61 Å². The van der Waals surface area contributed by atoms with Crippen LogP contribution in [0.3, 0.4) is 0 Å². The molecule has 0 radical (unpaired) electrons. The van der Waals surface area contributed by atoms with Crippen LogP contribution in [0.4, 0.5) is 0 Å². The molecule has 1 aromatic heterocycles. The highest BCUT2D eigenvalue weighted by Gasteiger charge is 1.94. The Kier molecular flexibility index (Phi) is 3.29. The summed E-state index contributed by atoms with van der Waals surface area (Å²) in [5, 5.41) is 0. The Morgan fingerprint density at radius 1 is 1.55 bits per heavy atom. The number of ether oxygens (including phenoxy) is 1. The molecule has 11 heavy (non-hydrogen) atoms. The van der Waals surface area contributed by atoms with Crippen molar-refractivity contribution in [1.82, 2.24) is 9.97 Å². The average molecular weight is 217 g/mol. The molecule has 0 aliphatic carbocycles. The van der Waals surface area contributed by atoms with E-state index in [9.17, 15) is 0 Å². The summed E-state index contributed by atoms with van der Waals surface area (Å²) in [7, 11) is 0. The van der Waals surface area contributed by atoms with Crippen LogP contribution in [0, 0.1) is 0 Å². The molecule has 0 fully saturated rings. The van der Waals surface area contributed by atoms with Gasteiger partial charge < -0.3 is 4.74 Å². The average Bonchev–Trinajstić information content (AvgIpc) is 2.01.